The minimum absolute atomic E-state index is 0.230. The molecule has 0 aromatic heterocycles. The summed E-state index contributed by atoms with van der Waals surface area (Å²) in [6.45, 7) is 3.41. The van der Waals surface area contributed by atoms with Crippen LogP contribution in [0.25, 0.3) is 0 Å². The fourth-order valence-corrected chi connectivity index (χ4v) is 3.23. The molecule has 0 saturated heterocycles. The van der Waals surface area contributed by atoms with E-state index in [0.717, 1.165) is 12.0 Å². The third-order valence-electron chi connectivity index (χ3n) is 5.15. The van der Waals surface area contributed by atoms with E-state index in [9.17, 15) is 24.3 Å². The number of carbonyl (C=O) groups excluding carboxylic acids is 3. The molecule has 8 nitrogen and oxygen atoms in total. The Morgan fingerprint density at radius 1 is 0.818 bits per heavy atom. The number of unbranched alkanes of at least 4 members (excludes halogenated alkanes) is 1. The summed E-state index contributed by atoms with van der Waals surface area (Å²) < 4.78 is 0. The van der Waals surface area contributed by atoms with Crippen molar-refractivity contribution in [3.05, 3.63) is 71.8 Å². The first-order valence-corrected chi connectivity index (χ1v) is 11.0. The Labute approximate surface area is 193 Å². The molecular formula is C25H31N3O5. The van der Waals surface area contributed by atoms with Crippen molar-refractivity contribution in [2.75, 3.05) is 0 Å². The van der Waals surface area contributed by atoms with Crippen LogP contribution in [-0.2, 0) is 20.8 Å². The van der Waals surface area contributed by atoms with Crippen molar-refractivity contribution in [2.24, 2.45) is 0 Å². The molecule has 3 unspecified atom stereocenters. The van der Waals surface area contributed by atoms with Crippen LogP contribution >= 0.6 is 0 Å². The second-order valence-corrected chi connectivity index (χ2v) is 7.85. The van der Waals surface area contributed by atoms with Crippen molar-refractivity contribution < 1.29 is 24.3 Å². The number of carboxylic acid groups (broad SMARTS) is 1. The van der Waals surface area contributed by atoms with Crippen LogP contribution in [0, 0.1) is 0 Å². The van der Waals surface area contributed by atoms with Crippen LogP contribution < -0.4 is 16.0 Å². The van der Waals surface area contributed by atoms with Gasteiger partial charge in [-0.15, -0.1) is 0 Å². The molecule has 3 amide bonds. The molecule has 2 aromatic rings. The number of amides is 3. The highest BCUT2D eigenvalue weighted by Crippen LogP contribution is 2.07. The summed E-state index contributed by atoms with van der Waals surface area (Å²) in [5.74, 6) is -2.66. The van der Waals surface area contributed by atoms with Gasteiger partial charge in [0.05, 0.1) is 0 Å². The van der Waals surface area contributed by atoms with Gasteiger partial charge >= 0.3 is 5.97 Å². The summed E-state index contributed by atoms with van der Waals surface area (Å²) in [6.07, 6.45) is 1.99. The number of carboxylic acids is 1. The van der Waals surface area contributed by atoms with Crippen molar-refractivity contribution in [1.82, 2.24) is 16.0 Å². The van der Waals surface area contributed by atoms with Gasteiger partial charge in [0.15, 0.2) is 0 Å². The quantitative estimate of drug-likeness (QED) is 0.392. The van der Waals surface area contributed by atoms with Crippen molar-refractivity contribution >= 4 is 23.7 Å². The van der Waals surface area contributed by atoms with Crippen molar-refractivity contribution in [2.45, 2.75) is 57.7 Å². The Bertz CT molecular complexity index is 934. The fraction of sp³-hybridized carbons (Fsp3) is 0.360. The minimum Gasteiger partial charge on any atom is -0.480 e. The topological polar surface area (TPSA) is 125 Å². The van der Waals surface area contributed by atoms with E-state index in [4.69, 9.17) is 0 Å². The maximum atomic E-state index is 13.0. The normalized spacial score (nSPS) is 13.3. The van der Waals surface area contributed by atoms with Crippen molar-refractivity contribution in [1.29, 1.82) is 0 Å². The molecule has 0 radical (unpaired) electrons. The van der Waals surface area contributed by atoms with Gasteiger partial charge in [-0.25, -0.2) is 4.79 Å². The Hall–Kier alpha value is -3.68. The molecule has 0 saturated carbocycles. The van der Waals surface area contributed by atoms with E-state index in [2.05, 4.69) is 16.0 Å². The summed E-state index contributed by atoms with van der Waals surface area (Å²) in [5, 5.41) is 17.1. The molecule has 0 spiro atoms. The van der Waals surface area contributed by atoms with E-state index in [1.807, 2.05) is 37.3 Å². The van der Waals surface area contributed by atoms with Gasteiger partial charge in [-0.05, 0) is 31.0 Å². The average Bonchev–Trinajstić information content (AvgIpc) is 2.82. The maximum absolute atomic E-state index is 13.0. The first kappa shape index (κ1) is 25.6. The van der Waals surface area contributed by atoms with Gasteiger partial charge in [-0.3, -0.25) is 14.4 Å². The maximum Gasteiger partial charge on any atom is 0.326 e. The zero-order chi connectivity index (χ0) is 24.2. The standard InChI is InChI=1S/C25H31N3O5/c1-3-4-15-20(25(32)33)27-22(29)17(2)26-24(31)21(16-18-11-7-5-8-12-18)28-23(30)19-13-9-6-10-14-19/h5-14,17,20-21H,3-4,15-16H2,1-2H3,(H,26,31)(H,27,29)(H,28,30)(H,32,33). The zero-order valence-electron chi connectivity index (χ0n) is 18.9. The predicted molar refractivity (Wildman–Crippen MR) is 125 cm³/mol. The van der Waals surface area contributed by atoms with E-state index in [-0.39, 0.29) is 6.42 Å². The molecule has 8 heteroatoms. The number of benzene rings is 2. The lowest BCUT2D eigenvalue weighted by molar-refractivity contribution is -0.142. The minimum atomic E-state index is -1.12. The molecular weight excluding hydrogens is 422 g/mol. The SMILES string of the molecule is CCCCC(NC(=O)C(C)NC(=O)C(Cc1ccccc1)NC(=O)c1ccccc1)C(=O)O. The third-order valence-corrected chi connectivity index (χ3v) is 5.15. The molecule has 0 bridgehead atoms. The number of hydrogen-bond acceptors (Lipinski definition) is 4. The lowest BCUT2D eigenvalue weighted by Crippen LogP contribution is -2.55. The fourth-order valence-electron chi connectivity index (χ4n) is 3.23. The van der Waals surface area contributed by atoms with Gasteiger partial charge in [-0.1, -0.05) is 68.3 Å². The summed E-state index contributed by atoms with van der Waals surface area (Å²) in [6, 6.07) is 14.8. The Morgan fingerprint density at radius 2 is 1.42 bits per heavy atom. The Balaban J connectivity index is 2.08. The van der Waals surface area contributed by atoms with Crippen molar-refractivity contribution in [3.8, 4) is 0 Å². The molecule has 2 aromatic carbocycles. The van der Waals surface area contributed by atoms with Gasteiger partial charge in [0.1, 0.15) is 18.1 Å². The largest absolute Gasteiger partial charge is 0.480 e. The second-order valence-electron chi connectivity index (χ2n) is 7.85. The molecule has 0 aliphatic carbocycles. The molecule has 176 valence electrons. The first-order valence-electron chi connectivity index (χ1n) is 11.0. The van der Waals surface area contributed by atoms with E-state index in [0.29, 0.717) is 18.4 Å². The monoisotopic (exact) mass is 453 g/mol. The molecule has 2 rings (SSSR count). The third kappa shape index (κ3) is 8.40. The number of hydrogen-bond donors (Lipinski definition) is 4. The lowest BCUT2D eigenvalue weighted by Gasteiger charge is -2.22. The molecule has 0 aliphatic heterocycles. The van der Waals surface area contributed by atoms with Crippen LogP contribution in [0.4, 0.5) is 0 Å². The van der Waals surface area contributed by atoms with Gasteiger partial charge in [0.2, 0.25) is 11.8 Å². The van der Waals surface area contributed by atoms with E-state index >= 15 is 0 Å². The Morgan fingerprint density at radius 3 is 2.00 bits per heavy atom. The number of aliphatic carboxylic acids is 1. The smallest absolute Gasteiger partial charge is 0.326 e. The molecule has 3 atom stereocenters. The summed E-state index contributed by atoms with van der Waals surface area (Å²) in [7, 11) is 0. The second kappa shape index (κ2) is 13.0. The highest BCUT2D eigenvalue weighted by atomic mass is 16.4. The highest BCUT2D eigenvalue weighted by molar-refractivity contribution is 5.98. The van der Waals surface area contributed by atoms with Gasteiger partial charge in [0, 0.05) is 12.0 Å². The molecule has 0 fully saturated rings. The molecule has 4 N–H and O–H groups in total. The van der Waals surface area contributed by atoms with Crippen LogP contribution in [0.1, 0.15) is 49.0 Å². The summed E-state index contributed by atoms with van der Waals surface area (Å²) >= 11 is 0. The van der Waals surface area contributed by atoms with Crippen LogP contribution in [0.15, 0.2) is 60.7 Å². The zero-order valence-corrected chi connectivity index (χ0v) is 18.9. The molecule has 0 aliphatic rings. The summed E-state index contributed by atoms with van der Waals surface area (Å²) in [5.41, 5.74) is 1.25. The predicted octanol–water partition coefficient (Wildman–Crippen LogP) is 2.29. The van der Waals surface area contributed by atoms with Crippen LogP contribution in [0.5, 0.6) is 0 Å². The highest BCUT2D eigenvalue weighted by Gasteiger charge is 2.27. The van der Waals surface area contributed by atoms with Gasteiger partial charge < -0.3 is 21.1 Å². The van der Waals surface area contributed by atoms with Crippen LogP contribution in [-0.4, -0.2) is 46.9 Å². The number of carbonyl (C=O) groups is 4. The average molecular weight is 454 g/mol. The number of nitrogens with one attached hydrogen (secondary N) is 3. The van der Waals surface area contributed by atoms with E-state index in [1.165, 1.54) is 6.92 Å². The summed E-state index contributed by atoms with van der Waals surface area (Å²) in [4.78, 5) is 49.6. The van der Waals surface area contributed by atoms with Gasteiger partial charge in [0.25, 0.3) is 5.91 Å². The number of rotatable bonds is 12. The molecule has 33 heavy (non-hydrogen) atoms. The Kier molecular flexibility index (Phi) is 10.1. The first-order chi connectivity index (χ1) is 15.8. The van der Waals surface area contributed by atoms with Crippen molar-refractivity contribution in [3.63, 3.8) is 0 Å². The molecule has 0 heterocycles. The van der Waals surface area contributed by atoms with E-state index in [1.54, 1.807) is 30.3 Å². The van der Waals surface area contributed by atoms with Crippen LogP contribution in [0.2, 0.25) is 0 Å². The lowest BCUT2D eigenvalue weighted by atomic mass is 10.0. The van der Waals surface area contributed by atoms with Gasteiger partial charge in [-0.2, -0.15) is 0 Å². The van der Waals surface area contributed by atoms with Crippen LogP contribution in [0.3, 0.4) is 0 Å². The van der Waals surface area contributed by atoms with E-state index < -0.39 is 41.8 Å².